The summed E-state index contributed by atoms with van der Waals surface area (Å²) in [5.41, 5.74) is 0.845. The van der Waals surface area contributed by atoms with E-state index < -0.39 is 0 Å². The fourth-order valence-electron chi connectivity index (χ4n) is 1.67. The molecule has 0 aromatic heterocycles. The molecule has 0 radical (unpaired) electrons. The first-order chi connectivity index (χ1) is 8.65. The molecule has 0 aliphatic carbocycles. The first-order valence-electron chi connectivity index (χ1n) is 6.36. The predicted molar refractivity (Wildman–Crippen MR) is 75.7 cm³/mol. The van der Waals surface area contributed by atoms with Crippen molar-refractivity contribution in [3.05, 3.63) is 30.3 Å². The Hall–Kier alpha value is -1.39. The van der Waals surface area contributed by atoms with Gasteiger partial charge in [0.05, 0.1) is 6.04 Å². The Balaban J connectivity index is 2.41. The summed E-state index contributed by atoms with van der Waals surface area (Å²) < 4.78 is 0. The van der Waals surface area contributed by atoms with E-state index in [4.69, 9.17) is 0 Å². The van der Waals surface area contributed by atoms with Crippen LogP contribution in [0.1, 0.15) is 13.3 Å². The molecule has 4 heteroatoms. The lowest BCUT2D eigenvalue weighted by Crippen LogP contribution is -2.40. The van der Waals surface area contributed by atoms with Crippen LogP contribution in [0.15, 0.2) is 30.3 Å². The lowest BCUT2D eigenvalue weighted by atomic mass is 10.2. The van der Waals surface area contributed by atoms with E-state index in [1.54, 1.807) is 0 Å². The topological polar surface area (TPSA) is 44.4 Å². The fraction of sp³-hybridized carbons (Fsp3) is 0.500. The van der Waals surface area contributed by atoms with E-state index in [2.05, 4.69) is 15.5 Å². The number of carbonyl (C=O) groups excluding carboxylic acids is 1. The molecule has 0 heterocycles. The van der Waals surface area contributed by atoms with E-state index in [0.717, 1.165) is 25.2 Å². The summed E-state index contributed by atoms with van der Waals surface area (Å²) in [7, 11) is 3.91. The molecule has 1 unspecified atom stereocenters. The van der Waals surface area contributed by atoms with Gasteiger partial charge in [-0.3, -0.25) is 9.69 Å². The fourth-order valence-corrected chi connectivity index (χ4v) is 1.67. The molecule has 1 rings (SSSR count). The molecule has 1 aromatic carbocycles. The van der Waals surface area contributed by atoms with Gasteiger partial charge in [0.15, 0.2) is 0 Å². The minimum absolute atomic E-state index is 0.0353. The second kappa shape index (κ2) is 7.84. The standard InChI is InChI=1S/C14H23N3O/c1-12(17(3)11-7-10-15-2)14(18)16-13-8-5-4-6-9-13/h4-6,8-9,12,15H,7,10-11H2,1-3H3,(H,16,18). The third-order valence-corrected chi connectivity index (χ3v) is 3.02. The molecular formula is C14H23N3O. The largest absolute Gasteiger partial charge is 0.325 e. The molecular weight excluding hydrogens is 226 g/mol. The molecule has 0 aliphatic heterocycles. The number of amides is 1. The van der Waals surface area contributed by atoms with E-state index in [-0.39, 0.29) is 11.9 Å². The summed E-state index contributed by atoms with van der Waals surface area (Å²) in [6, 6.07) is 9.43. The molecule has 18 heavy (non-hydrogen) atoms. The van der Waals surface area contributed by atoms with Gasteiger partial charge in [0, 0.05) is 5.69 Å². The van der Waals surface area contributed by atoms with Crippen molar-refractivity contribution in [2.75, 3.05) is 32.5 Å². The number of para-hydroxylation sites is 1. The van der Waals surface area contributed by atoms with Crippen LogP contribution in [0.5, 0.6) is 0 Å². The number of nitrogens with one attached hydrogen (secondary N) is 2. The zero-order chi connectivity index (χ0) is 13.4. The van der Waals surface area contributed by atoms with Crippen LogP contribution >= 0.6 is 0 Å². The van der Waals surface area contributed by atoms with Crippen LogP contribution in [0, 0.1) is 0 Å². The molecule has 100 valence electrons. The Morgan fingerprint density at radius 3 is 2.61 bits per heavy atom. The number of hydrogen-bond acceptors (Lipinski definition) is 3. The van der Waals surface area contributed by atoms with Gasteiger partial charge in [0.2, 0.25) is 5.91 Å². The molecule has 2 N–H and O–H groups in total. The van der Waals surface area contributed by atoms with Crippen molar-refractivity contribution in [2.45, 2.75) is 19.4 Å². The first kappa shape index (κ1) is 14.7. The zero-order valence-electron chi connectivity index (χ0n) is 11.4. The molecule has 0 saturated carbocycles. The van der Waals surface area contributed by atoms with Crippen LogP contribution < -0.4 is 10.6 Å². The Morgan fingerprint density at radius 1 is 1.33 bits per heavy atom. The number of nitrogens with zero attached hydrogens (tertiary/aromatic N) is 1. The van der Waals surface area contributed by atoms with Gasteiger partial charge < -0.3 is 10.6 Å². The SMILES string of the molecule is CNCCCN(C)C(C)C(=O)Nc1ccccc1. The Bertz CT molecular complexity index is 353. The van der Waals surface area contributed by atoms with Crippen LogP contribution in [0.3, 0.4) is 0 Å². The lowest BCUT2D eigenvalue weighted by molar-refractivity contribution is -0.120. The number of rotatable bonds is 7. The highest BCUT2D eigenvalue weighted by molar-refractivity contribution is 5.94. The Morgan fingerprint density at radius 2 is 2.00 bits per heavy atom. The minimum atomic E-state index is -0.123. The van der Waals surface area contributed by atoms with Gasteiger partial charge in [0.25, 0.3) is 0 Å². The summed E-state index contributed by atoms with van der Waals surface area (Å²) in [5, 5.41) is 6.02. The second-order valence-electron chi connectivity index (χ2n) is 4.47. The highest BCUT2D eigenvalue weighted by atomic mass is 16.2. The molecule has 1 aromatic rings. The molecule has 0 bridgehead atoms. The van der Waals surface area contributed by atoms with Crippen LogP contribution in [0.2, 0.25) is 0 Å². The van der Waals surface area contributed by atoms with Crippen molar-refractivity contribution in [3.8, 4) is 0 Å². The quantitative estimate of drug-likeness (QED) is 0.721. The van der Waals surface area contributed by atoms with E-state index >= 15 is 0 Å². The Kier molecular flexibility index (Phi) is 6.39. The van der Waals surface area contributed by atoms with Gasteiger partial charge in [-0.2, -0.15) is 0 Å². The predicted octanol–water partition coefficient (Wildman–Crippen LogP) is 1.55. The van der Waals surface area contributed by atoms with E-state index in [1.807, 2.05) is 51.4 Å². The van der Waals surface area contributed by atoms with Crippen molar-refractivity contribution in [1.82, 2.24) is 10.2 Å². The molecule has 0 aliphatic rings. The maximum absolute atomic E-state index is 12.0. The number of hydrogen-bond donors (Lipinski definition) is 2. The van der Waals surface area contributed by atoms with Crippen molar-refractivity contribution < 1.29 is 4.79 Å². The van der Waals surface area contributed by atoms with E-state index in [1.165, 1.54) is 0 Å². The van der Waals surface area contributed by atoms with Crippen LogP contribution in [-0.2, 0) is 4.79 Å². The van der Waals surface area contributed by atoms with Crippen LogP contribution in [-0.4, -0.2) is 44.0 Å². The summed E-state index contributed by atoms with van der Waals surface area (Å²) in [6.45, 7) is 3.80. The van der Waals surface area contributed by atoms with Crippen LogP contribution in [0.25, 0.3) is 0 Å². The average Bonchev–Trinajstić information content (AvgIpc) is 2.39. The van der Waals surface area contributed by atoms with Crippen molar-refractivity contribution in [1.29, 1.82) is 0 Å². The third-order valence-electron chi connectivity index (χ3n) is 3.02. The van der Waals surface area contributed by atoms with Crippen molar-refractivity contribution in [2.24, 2.45) is 0 Å². The lowest BCUT2D eigenvalue weighted by Gasteiger charge is -2.23. The van der Waals surface area contributed by atoms with Gasteiger partial charge in [-0.15, -0.1) is 0 Å². The second-order valence-corrected chi connectivity index (χ2v) is 4.47. The summed E-state index contributed by atoms with van der Waals surface area (Å²) in [5.74, 6) is 0.0353. The highest BCUT2D eigenvalue weighted by Gasteiger charge is 2.17. The number of likely N-dealkylation sites (N-methyl/N-ethyl adjacent to an activating group) is 1. The van der Waals surface area contributed by atoms with Crippen molar-refractivity contribution in [3.63, 3.8) is 0 Å². The molecule has 1 atom stereocenters. The molecule has 0 spiro atoms. The minimum Gasteiger partial charge on any atom is -0.325 e. The average molecular weight is 249 g/mol. The van der Waals surface area contributed by atoms with Crippen molar-refractivity contribution >= 4 is 11.6 Å². The smallest absolute Gasteiger partial charge is 0.241 e. The number of anilines is 1. The van der Waals surface area contributed by atoms with Gasteiger partial charge in [0.1, 0.15) is 0 Å². The number of carbonyl (C=O) groups is 1. The molecule has 0 fully saturated rings. The van der Waals surface area contributed by atoms with Crippen LogP contribution in [0.4, 0.5) is 5.69 Å². The monoisotopic (exact) mass is 249 g/mol. The normalized spacial score (nSPS) is 12.4. The first-order valence-corrected chi connectivity index (χ1v) is 6.36. The van der Waals surface area contributed by atoms with Gasteiger partial charge in [-0.05, 0) is 52.7 Å². The maximum atomic E-state index is 12.0. The maximum Gasteiger partial charge on any atom is 0.241 e. The summed E-state index contributed by atoms with van der Waals surface area (Å²) in [4.78, 5) is 14.1. The number of benzene rings is 1. The zero-order valence-corrected chi connectivity index (χ0v) is 11.4. The molecule has 4 nitrogen and oxygen atoms in total. The van der Waals surface area contributed by atoms with Gasteiger partial charge >= 0.3 is 0 Å². The van der Waals surface area contributed by atoms with Gasteiger partial charge in [-0.1, -0.05) is 18.2 Å². The Labute approximate surface area is 109 Å². The summed E-state index contributed by atoms with van der Waals surface area (Å²) in [6.07, 6.45) is 1.04. The summed E-state index contributed by atoms with van der Waals surface area (Å²) >= 11 is 0. The molecule has 0 saturated heterocycles. The highest BCUT2D eigenvalue weighted by Crippen LogP contribution is 2.07. The van der Waals surface area contributed by atoms with Gasteiger partial charge in [-0.25, -0.2) is 0 Å². The third kappa shape index (κ3) is 4.85. The molecule has 1 amide bonds. The van der Waals surface area contributed by atoms with E-state index in [0.29, 0.717) is 0 Å². The van der Waals surface area contributed by atoms with E-state index in [9.17, 15) is 4.79 Å².